The lowest BCUT2D eigenvalue weighted by molar-refractivity contribution is 0.0697. The van der Waals surface area contributed by atoms with Crippen LogP contribution < -0.4 is 4.90 Å². The Kier molecular flexibility index (Phi) is 2.69. The Hall–Kier alpha value is -1.84. The quantitative estimate of drug-likeness (QED) is 0.873. The molecule has 0 aromatic heterocycles. The molecule has 1 aliphatic heterocycles. The van der Waals surface area contributed by atoms with Gasteiger partial charge in [0.15, 0.2) is 0 Å². The number of rotatable bonds is 2. The van der Waals surface area contributed by atoms with E-state index in [0.29, 0.717) is 11.3 Å². The Morgan fingerprint density at radius 3 is 2.33 bits per heavy atom. The summed E-state index contributed by atoms with van der Waals surface area (Å²) in [4.78, 5) is 17.7. The van der Waals surface area contributed by atoms with Crippen molar-refractivity contribution in [3.63, 3.8) is 0 Å². The highest BCUT2D eigenvalue weighted by atomic mass is 16.4. The Morgan fingerprint density at radius 1 is 1.22 bits per heavy atom. The van der Waals surface area contributed by atoms with Gasteiger partial charge < -0.3 is 10.0 Å². The molecule has 2 rings (SSSR count). The fourth-order valence-electron chi connectivity index (χ4n) is 2.03. The number of nitrogens with zero attached hydrogens (tertiary/aromatic N) is 2. The maximum Gasteiger partial charge on any atom is 0.337 e. The third-order valence-corrected chi connectivity index (χ3v) is 3.99. The van der Waals surface area contributed by atoms with Crippen molar-refractivity contribution in [3.05, 3.63) is 29.8 Å². The number of benzene rings is 1. The van der Waals surface area contributed by atoms with Crippen LogP contribution in [0, 0.1) is 0 Å². The largest absolute Gasteiger partial charge is 0.478 e. The molecule has 1 aliphatic rings. The van der Waals surface area contributed by atoms with Crippen LogP contribution in [0.2, 0.25) is 0 Å². The molecule has 0 bridgehead atoms. The van der Waals surface area contributed by atoms with Gasteiger partial charge in [0, 0.05) is 0 Å². The molecule has 18 heavy (non-hydrogen) atoms. The van der Waals surface area contributed by atoms with Crippen LogP contribution in [0.5, 0.6) is 0 Å². The molecule has 0 saturated heterocycles. The van der Waals surface area contributed by atoms with Gasteiger partial charge in [0.05, 0.1) is 28.7 Å². The molecular weight excluding hydrogens is 228 g/mol. The molecule has 1 N–H and O–H groups in total. The fourth-order valence-corrected chi connectivity index (χ4v) is 2.03. The first-order valence-corrected chi connectivity index (χ1v) is 5.94. The molecule has 1 heterocycles. The minimum Gasteiger partial charge on any atom is -0.478 e. The number of hydrogen-bond acceptors (Lipinski definition) is 3. The second-order valence-corrected chi connectivity index (χ2v) is 5.55. The van der Waals surface area contributed by atoms with E-state index in [4.69, 9.17) is 0 Å². The molecule has 4 heteroatoms. The average Bonchev–Trinajstić information content (AvgIpc) is 2.49. The van der Waals surface area contributed by atoms with Gasteiger partial charge >= 0.3 is 5.97 Å². The number of carboxylic acids is 1. The van der Waals surface area contributed by atoms with E-state index in [-0.39, 0.29) is 11.1 Å². The predicted octanol–water partition coefficient (Wildman–Crippen LogP) is 2.79. The number of hydrogen-bond donors (Lipinski definition) is 1. The normalized spacial score (nSPS) is 20.1. The molecule has 0 radical (unpaired) electrons. The highest BCUT2D eigenvalue weighted by Crippen LogP contribution is 2.39. The zero-order valence-electron chi connectivity index (χ0n) is 11.1. The summed E-state index contributed by atoms with van der Waals surface area (Å²) in [6.45, 7) is 8.23. The van der Waals surface area contributed by atoms with Gasteiger partial charge in [-0.25, -0.2) is 4.79 Å². The Bertz CT molecular complexity index is 518. The molecule has 0 spiro atoms. The highest BCUT2D eigenvalue weighted by Gasteiger charge is 2.46. The average molecular weight is 246 g/mol. The van der Waals surface area contributed by atoms with E-state index in [2.05, 4.69) is 18.8 Å². The molecular formula is C14H18N2O2. The van der Waals surface area contributed by atoms with E-state index >= 15 is 0 Å². The third-order valence-electron chi connectivity index (χ3n) is 3.99. The number of aliphatic imine (C=N–C) groups is 1. The first-order valence-electron chi connectivity index (χ1n) is 5.94. The summed E-state index contributed by atoms with van der Waals surface area (Å²) in [6.07, 6.45) is 1.74. The lowest BCUT2D eigenvalue weighted by Crippen LogP contribution is -2.52. The van der Waals surface area contributed by atoms with Crippen molar-refractivity contribution in [1.82, 2.24) is 0 Å². The minimum atomic E-state index is -0.917. The number of anilines is 1. The number of aromatic carboxylic acids is 1. The first kappa shape index (κ1) is 12.6. The smallest absolute Gasteiger partial charge is 0.337 e. The van der Waals surface area contributed by atoms with Gasteiger partial charge in [-0.2, -0.15) is 0 Å². The zero-order chi connectivity index (χ0) is 13.6. The number of para-hydroxylation sites is 1. The van der Waals surface area contributed by atoms with Gasteiger partial charge in [-0.1, -0.05) is 12.1 Å². The van der Waals surface area contributed by atoms with Gasteiger partial charge in [-0.15, -0.1) is 0 Å². The topological polar surface area (TPSA) is 52.9 Å². The SMILES string of the molecule is CC1(C)N=CN(c2ccccc2C(=O)O)C1(C)C. The van der Waals surface area contributed by atoms with E-state index in [0.717, 1.165) is 0 Å². The van der Waals surface area contributed by atoms with Crippen molar-refractivity contribution >= 4 is 18.0 Å². The zero-order valence-corrected chi connectivity index (χ0v) is 11.1. The second-order valence-electron chi connectivity index (χ2n) is 5.55. The van der Waals surface area contributed by atoms with Crippen molar-refractivity contribution in [2.75, 3.05) is 4.90 Å². The second kappa shape index (κ2) is 3.83. The van der Waals surface area contributed by atoms with Crippen LogP contribution >= 0.6 is 0 Å². The molecule has 0 amide bonds. The number of carbonyl (C=O) groups is 1. The maximum atomic E-state index is 11.3. The van der Waals surface area contributed by atoms with Gasteiger partial charge in [0.2, 0.25) is 0 Å². The summed E-state index contributed by atoms with van der Waals surface area (Å²) in [5.41, 5.74) is 0.469. The lowest BCUT2D eigenvalue weighted by Gasteiger charge is -2.40. The van der Waals surface area contributed by atoms with E-state index in [1.165, 1.54) is 0 Å². The molecule has 0 fully saturated rings. The maximum absolute atomic E-state index is 11.3. The van der Waals surface area contributed by atoms with Crippen LogP contribution in [0.15, 0.2) is 29.3 Å². The van der Waals surface area contributed by atoms with Crippen molar-refractivity contribution in [2.24, 2.45) is 4.99 Å². The molecule has 4 nitrogen and oxygen atoms in total. The van der Waals surface area contributed by atoms with Gasteiger partial charge in [-0.05, 0) is 39.8 Å². The van der Waals surface area contributed by atoms with Crippen LogP contribution in [0.1, 0.15) is 38.1 Å². The minimum absolute atomic E-state index is 0.251. The van der Waals surface area contributed by atoms with E-state index in [1.54, 1.807) is 18.5 Å². The van der Waals surface area contributed by atoms with Crippen LogP contribution in [0.3, 0.4) is 0 Å². The number of carboxylic acid groups (broad SMARTS) is 1. The molecule has 0 saturated carbocycles. The van der Waals surface area contributed by atoms with E-state index < -0.39 is 5.97 Å². The van der Waals surface area contributed by atoms with Crippen LogP contribution in [-0.4, -0.2) is 28.5 Å². The van der Waals surface area contributed by atoms with Crippen molar-refractivity contribution in [2.45, 2.75) is 38.8 Å². The Labute approximate surface area is 107 Å². The summed E-state index contributed by atoms with van der Waals surface area (Å²) in [5.74, 6) is -0.917. The Balaban J connectivity index is 2.52. The van der Waals surface area contributed by atoms with Crippen LogP contribution in [0.4, 0.5) is 5.69 Å². The summed E-state index contributed by atoms with van der Waals surface area (Å²) in [6, 6.07) is 7.01. The standard InChI is InChI=1S/C14H18N2O2/c1-13(2)14(3,4)16(9-15-13)11-8-6-5-7-10(11)12(17)18/h5-9H,1-4H3,(H,17,18). The van der Waals surface area contributed by atoms with Gasteiger partial charge in [0.25, 0.3) is 0 Å². The fraction of sp³-hybridized carbons (Fsp3) is 0.429. The van der Waals surface area contributed by atoms with Crippen LogP contribution in [-0.2, 0) is 0 Å². The van der Waals surface area contributed by atoms with Crippen molar-refractivity contribution in [3.8, 4) is 0 Å². The van der Waals surface area contributed by atoms with Gasteiger partial charge in [-0.3, -0.25) is 4.99 Å². The summed E-state index contributed by atoms with van der Waals surface area (Å²) >= 11 is 0. The summed E-state index contributed by atoms with van der Waals surface area (Å²) in [7, 11) is 0. The first-order chi connectivity index (χ1) is 8.27. The molecule has 0 atom stereocenters. The Morgan fingerprint density at radius 2 is 1.83 bits per heavy atom. The van der Waals surface area contributed by atoms with E-state index in [1.807, 2.05) is 30.9 Å². The summed E-state index contributed by atoms with van der Waals surface area (Å²) < 4.78 is 0. The van der Waals surface area contributed by atoms with E-state index in [9.17, 15) is 9.90 Å². The predicted molar refractivity (Wildman–Crippen MR) is 72.5 cm³/mol. The molecule has 0 unspecified atom stereocenters. The lowest BCUT2D eigenvalue weighted by atomic mass is 9.83. The molecule has 1 aromatic carbocycles. The summed E-state index contributed by atoms with van der Waals surface area (Å²) in [5, 5.41) is 9.26. The van der Waals surface area contributed by atoms with Crippen LogP contribution in [0.25, 0.3) is 0 Å². The monoisotopic (exact) mass is 246 g/mol. The van der Waals surface area contributed by atoms with Gasteiger partial charge in [0.1, 0.15) is 0 Å². The van der Waals surface area contributed by atoms with Crippen molar-refractivity contribution in [1.29, 1.82) is 0 Å². The third kappa shape index (κ3) is 1.68. The molecule has 1 aromatic rings. The molecule has 0 aliphatic carbocycles. The highest BCUT2D eigenvalue weighted by molar-refractivity contribution is 5.99. The van der Waals surface area contributed by atoms with Crippen molar-refractivity contribution < 1.29 is 9.90 Å². The molecule has 96 valence electrons.